The highest BCUT2D eigenvalue weighted by molar-refractivity contribution is 5.79. The van der Waals surface area contributed by atoms with Crippen molar-refractivity contribution in [3.8, 4) is 0 Å². The van der Waals surface area contributed by atoms with Crippen LogP contribution in [0.2, 0.25) is 0 Å². The molecule has 0 spiro atoms. The summed E-state index contributed by atoms with van der Waals surface area (Å²) in [5.41, 5.74) is 3.49. The second-order valence-electron chi connectivity index (χ2n) is 6.50. The summed E-state index contributed by atoms with van der Waals surface area (Å²) >= 11 is 0. The number of amides is 1. The lowest BCUT2D eigenvalue weighted by atomic mass is 10.0. The van der Waals surface area contributed by atoms with E-state index in [-0.39, 0.29) is 11.9 Å². The molecule has 0 aromatic heterocycles. The number of carbonyl (C=O) groups excluding carboxylic acids is 1. The number of benzene rings is 2. The van der Waals surface area contributed by atoms with Crippen molar-refractivity contribution in [3.63, 3.8) is 0 Å². The largest absolute Gasteiger partial charge is 0.349 e. The molecule has 1 fully saturated rings. The second-order valence-corrected chi connectivity index (χ2v) is 6.50. The number of rotatable bonds is 5. The quantitative estimate of drug-likeness (QED) is 0.885. The molecular formula is C20H23NO. The van der Waals surface area contributed by atoms with E-state index in [2.05, 4.69) is 43.4 Å². The molecule has 1 aliphatic rings. The monoisotopic (exact) mass is 293 g/mol. The Morgan fingerprint density at radius 3 is 2.55 bits per heavy atom. The molecule has 2 heteroatoms. The minimum Gasteiger partial charge on any atom is -0.349 e. The summed E-state index contributed by atoms with van der Waals surface area (Å²) in [5, 5.41) is 3.25. The van der Waals surface area contributed by atoms with Crippen molar-refractivity contribution in [1.29, 1.82) is 0 Å². The third kappa shape index (κ3) is 3.56. The van der Waals surface area contributed by atoms with Gasteiger partial charge in [-0.2, -0.15) is 0 Å². The summed E-state index contributed by atoms with van der Waals surface area (Å²) in [6, 6.07) is 18.6. The molecule has 2 aromatic rings. The van der Waals surface area contributed by atoms with Crippen molar-refractivity contribution in [1.82, 2.24) is 5.32 Å². The predicted molar refractivity (Wildman–Crippen MR) is 89.5 cm³/mol. The minimum atomic E-state index is 0.110. The minimum absolute atomic E-state index is 0.110. The van der Waals surface area contributed by atoms with E-state index in [1.54, 1.807) is 0 Å². The van der Waals surface area contributed by atoms with Gasteiger partial charge in [0.05, 0.1) is 12.5 Å². The molecule has 3 unspecified atom stereocenters. The maximum absolute atomic E-state index is 12.4. The first-order valence-corrected chi connectivity index (χ1v) is 8.03. The van der Waals surface area contributed by atoms with Gasteiger partial charge in [-0.15, -0.1) is 0 Å². The zero-order valence-corrected chi connectivity index (χ0v) is 13.3. The summed E-state index contributed by atoms with van der Waals surface area (Å²) in [5.74, 6) is 1.38. The SMILES string of the molecule is Cc1cccc(CC(=O)NC(c2ccccc2)C2CC2C)c1. The molecule has 0 saturated heterocycles. The normalized spacial score (nSPS) is 21.2. The summed E-state index contributed by atoms with van der Waals surface area (Å²) in [7, 11) is 0. The number of aryl methyl sites for hydroxylation is 1. The average molecular weight is 293 g/mol. The molecule has 0 radical (unpaired) electrons. The number of hydrogen-bond acceptors (Lipinski definition) is 1. The molecule has 0 bridgehead atoms. The zero-order chi connectivity index (χ0) is 15.5. The Balaban J connectivity index is 1.69. The topological polar surface area (TPSA) is 29.1 Å². The van der Waals surface area contributed by atoms with Crippen molar-refractivity contribution in [2.75, 3.05) is 0 Å². The standard InChI is InChI=1S/C20H23NO/c1-14-7-6-8-16(11-14)13-19(22)21-20(18-12-15(18)2)17-9-4-3-5-10-17/h3-11,15,18,20H,12-13H2,1-2H3,(H,21,22). The van der Waals surface area contributed by atoms with Gasteiger partial charge in [0.25, 0.3) is 0 Å². The van der Waals surface area contributed by atoms with Crippen LogP contribution in [0.4, 0.5) is 0 Å². The first-order chi connectivity index (χ1) is 10.6. The Bertz CT molecular complexity index is 650. The third-order valence-corrected chi connectivity index (χ3v) is 4.52. The molecule has 1 aliphatic carbocycles. The molecular weight excluding hydrogens is 270 g/mol. The lowest BCUT2D eigenvalue weighted by molar-refractivity contribution is -0.121. The summed E-state index contributed by atoms with van der Waals surface area (Å²) < 4.78 is 0. The Kier molecular flexibility index (Phi) is 4.28. The Hall–Kier alpha value is -2.09. The highest BCUT2D eigenvalue weighted by atomic mass is 16.1. The fraction of sp³-hybridized carbons (Fsp3) is 0.350. The third-order valence-electron chi connectivity index (χ3n) is 4.52. The number of carbonyl (C=O) groups is 1. The fourth-order valence-corrected chi connectivity index (χ4v) is 3.15. The van der Waals surface area contributed by atoms with E-state index in [1.165, 1.54) is 17.5 Å². The van der Waals surface area contributed by atoms with Crippen LogP contribution in [0, 0.1) is 18.8 Å². The first-order valence-electron chi connectivity index (χ1n) is 8.03. The van der Waals surface area contributed by atoms with Gasteiger partial charge in [0.1, 0.15) is 0 Å². The molecule has 3 atom stereocenters. The molecule has 0 heterocycles. The van der Waals surface area contributed by atoms with Gasteiger partial charge in [-0.3, -0.25) is 4.79 Å². The Morgan fingerprint density at radius 1 is 1.18 bits per heavy atom. The fourth-order valence-electron chi connectivity index (χ4n) is 3.15. The lowest BCUT2D eigenvalue weighted by Crippen LogP contribution is -2.31. The van der Waals surface area contributed by atoms with Crippen LogP contribution in [0.15, 0.2) is 54.6 Å². The molecule has 1 saturated carbocycles. The molecule has 1 N–H and O–H groups in total. The second kappa shape index (κ2) is 6.35. The lowest BCUT2D eigenvalue weighted by Gasteiger charge is -2.19. The van der Waals surface area contributed by atoms with Crippen molar-refractivity contribution in [3.05, 3.63) is 71.3 Å². The van der Waals surface area contributed by atoms with Crippen molar-refractivity contribution < 1.29 is 4.79 Å². The van der Waals surface area contributed by atoms with E-state index in [0.717, 1.165) is 5.56 Å². The first kappa shape index (κ1) is 14.8. The predicted octanol–water partition coefficient (Wildman–Crippen LogP) is 4.05. The maximum atomic E-state index is 12.4. The van der Waals surface area contributed by atoms with Crippen LogP contribution < -0.4 is 5.32 Å². The van der Waals surface area contributed by atoms with Crippen LogP contribution in [-0.4, -0.2) is 5.91 Å². The molecule has 2 aromatic carbocycles. The van der Waals surface area contributed by atoms with Gasteiger partial charge in [-0.05, 0) is 36.3 Å². The molecule has 114 valence electrons. The average Bonchev–Trinajstić information content (AvgIpc) is 3.22. The molecule has 1 amide bonds. The smallest absolute Gasteiger partial charge is 0.224 e. The number of hydrogen-bond donors (Lipinski definition) is 1. The van der Waals surface area contributed by atoms with Crippen LogP contribution >= 0.6 is 0 Å². The van der Waals surface area contributed by atoms with Crippen LogP contribution in [0.5, 0.6) is 0 Å². The molecule has 0 aliphatic heterocycles. The summed E-state index contributed by atoms with van der Waals surface area (Å²) in [6.45, 7) is 4.31. The van der Waals surface area contributed by atoms with E-state index < -0.39 is 0 Å². The molecule has 3 rings (SSSR count). The van der Waals surface area contributed by atoms with Crippen LogP contribution in [-0.2, 0) is 11.2 Å². The van der Waals surface area contributed by atoms with Gasteiger partial charge in [0.15, 0.2) is 0 Å². The van der Waals surface area contributed by atoms with Gasteiger partial charge >= 0.3 is 0 Å². The highest BCUT2D eigenvalue weighted by Gasteiger charge is 2.40. The molecule has 22 heavy (non-hydrogen) atoms. The zero-order valence-electron chi connectivity index (χ0n) is 13.3. The Labute approximate surface area is 132 Å². The number of nitrogens with one attached hydrogen (secondary N) is 1. The molecule has 2 nitrogen and oxygen atoms in total. The van der Waals surface area contributed by atoms with Gasteiger partial charge in [-0.25, -0.2) is 0 Å². The highest BCUT2D eigenvalue weighted by Crippen LogP contribution is 2.46. The summed E-state index contributed by atoms with van der Waals surface area (Å²) in [4.78, 5) is 12.4. The maximum Gasteiger partial charge on any atom is 0.224 e. The van der Waals surface area contributed by atoms with Crippen LogP contribution in [0.3, 0.4) is 0 Å². The van der Waals surface area contributed by atoms with Crippen molar-refractivity contribution in [2.24, 2.45) is 11.8 Å². The summed E-state index contributed by atoms with van der Waals surface area (Å²) in [6.07, 6.45) is 1.65. The van der Waals surface area contributed by atoms with E-state index >= 15 is 0 Å². The van der Waals surface area contributed by atoms with E-state index in [0.29, 0.717) is 18.3 Å². The van der Waals surface area contributed by atoms with Crippen LogP contribution in [0.25, 0.3) is 0 Å². The van der Waals surface area contributed by atoms with E-state index in [1.807, 2.05) is 30.3 Å². The van der Waals surface area contributed by atoms with E-state index in [4.69, 9.17) is 0 Å². The van der Waals surface area contributed by atoms with Gasteiger partial charge < -0.3 is 5.32 Å². The van der Waals surface area contributed by atoms with Crippen molar-refractivity contribution >= 4 is 5.91 Å². The van der Waals surface area contributed by atoms with Crippen LogP contribution in [0.1, 0.15) is 36.1 Å². The van der Waals surface area contributed by atoms with Gasteiger partial charge in [0, 0.05) is 0 Å². The van der Waals surface area contributed by atoms with Crippen molar-refractivity contribution in [2.45, 2.75) is 32.7 Å². The van der Waals surface area contributed by atoms with Gasteiger partial charge in [0.2, 0.25) is 5.91 Å². The van der Waals surface area contributed by atoms with Gasteiger partial charge in [-0.1, -0.05) is 67.1 Å². The Morgan fingerprint density at radius 2 is 1.91 bits per heavy atom. The van der Waals surface area contributed by atoms with E-state index in [9.17, 15) is 4.79 Å².